The lowest BCUT2D eigenvalue weighted by Gasteiger charge is -2.21. The number of sulfonamides is 1. The number of carbonyl (C=O) groups excluding carboxylic acids is 1. The van der Waals surface area contributed by atoms with Crippen LogP contribution in [-0.4, -0.2) is 49.3 Å². The molecular formula is C16H20N2O5S. The van der Waals surface area contributed by atoms with Gasteiger partial charge in [0.25, 0.3) is 0 Å². The van der Waals surface area contributed by atoms with E-state index in [0.29, 0.717) is 18.7 Å². The molecule has 1 saturated heterocycles. The third kappa shape index (κ3) is 2.59. The van der Waals surface area contributed by atoms with Crippen molar-refractivity contribution in [2.75, 3.05) is 24.5 Å². The van der Waals surface area contributed by atoms with Gasteiger partial charge in [0.05, 0.1) is 10.3 Å². The van der Waals surface area contributed by atoms with Gasteiger partial charge in [-0.25, -0.2) is 8.42 Å². The van der Waals surface area contributed by atoms with Crippen molar-refractivity contribution in [2.24, 2.45) is 5.41 Å². The van der Waals surface area contributed by atoms with E-state index in [-0.39, 0.29) is 30.3 Å². The highest BCUT2D eigenvalue weighted by atomic mass is 32.2. The van der Waals surface area contributed by atoms with E-state index in [0.717, 1.165) is 5.56 Å². The number of benzene rings is 1. The molecule has 1 aromatic carbocycles. The maximum absolute atomic E-state index is 12.9. The van der Waals surface area contributed by atoms with Gasteiger partial charge in [0.2, 0.25) is 15.9 Å². The summed E-state index contributed by atoms with van der Waals surface area (Å²) < 4.78 is 26.9. The summed E-state index contributed by atoms with van der Waals surface area (Å²) in [6.07, 6.45) is 0.988. The number of rotatable bonds is 3. The summed E-state index contributed by atoms with van der Waals surface area (Å²) >= 11 is 0. The first-order valence-corrected chi connectivity index (χ1v) is 9.24. The number of carboxylic acid groups (broad SMARTS) is 1. The molecule has 0 radical (unpaired) electrons. The zero-order valence-electron chi connectivity index (χ0n) is 13.7. The van der Waals surface area contributed by atoms with Crippen molar-refractivity contribution in [1.29, 1.82) is 0 Å². The molecule has 24 heavy (non-hydrogen) atoms. The third-order valence-electron chi connectivity index (χ3n) is 4.92. The monoisotopic (exact) mass is 352 g/mol. The molecule has 1 unspecified atom stereocenters. The van der Waals surface area contributed by atoms with E-state index in [1.54, 1.807) is 17.9 Å². The van der Waals surface area contributed by atoms with Crippen molar-refractivity contribution in [2.45, 2.75) is 31.6 Å². The van der Waals surface area contributed by atoms with E-state index in [1.165, 1.54) is 23.4 Å². The van der Waals surface area contributed by atoms with E-state index in [1.807, 2.05) is 0 Å². The Hall–Kier alpha value is -1.93. The topological polar surface area (TPSA) is 95.0 Å². The summed E-state index contributed by atoms with van der Waals surface area (Å²) in [4.78, 5) is 24.7. The second-order valence-electron chi connectivity index (χ2n) is 6.67. The molecule has 130 valence electrons. The van der Waals surface area contributed by atoms with Crippen LogP contribution in [0.15, 0.2) is 23.1 Å². The lowest BCUT2D eigenvalue weighted by Crippen LogP contribution is -2.35. The largest absolute Gasteiger partial charge is 0.481 e. The minimum absolute atomic E-state index is 0.0435. The first kappa shape index (κ1) is 16.9. The molecule has 0 spiro atoms. The standard InChI is InChI=1S/C16H20N2O5S/c1-11(19)18-7-5-12-3-4-13(9-14(12)18)24(22,23)17-8-6-16(2,10-17)15(20)21/h3-4,9H,5-8,10H2,1-2H3,(H,20,21). The summed E-state index contributed by atoms with van der Waals surface area (Å²) in [6.45, 7) is 3.70. The zero-order valence-corrected chi connectivity index (χ0v) is 14.5. The van der Waals surface area contributed by atoms with Gasteiger partial charge in [-0.3, -0.25) is 9.59 Å². The Morgan fingerprint density at radius 2 is 1.96 bits per heavy atom. The first-order valence-electron chi connectivity index (χ1n) is 7.80. The molecule has 1 aromatic rings. The van der Waals surface area contributed by atoms with E-state index in [4.69, 9.17) is 0 Å². The van der Waals surface area contributed by atoms with Crippen LogP contribution in [0.5, 0.6) is 0 Å². The van der Waals surface area contributed by atoms with Gasteiger partial charge in [-0.1, -0.05) is 6.07 Å². The lowest BCUT2D eigenvalue weighted by molar-refractivity contribution is -0.146. The SMILES string of the molecule is CC(=O)N1CCc2ccc(S(=O)(=O)N3CCC(C)(C(=O)O)C3)cc21. The van der Waals surface area contributed by atoms with Crippen LogP contribution >= 0.6 is 0 Å². The molecule has 0 saturated carbocycles. The smallest absolute Gasteiger partial charge is 0.310 e. The molecule has 1 N–H and O–H groups in total. The van der Waals surface area contributed by atoms with Crippen LogP contribution < -0.4 is 4.90 Å². The van der Waals surface area contributed by atoms with E-state index < -0.39 is 21.4 Å². The Morgan fingerprint density at radius 3 is 2.54 bits per heavy atom. The van der Waals surface area contributed by atoms with Gasteiger partial charge in [0.15, 0.2) is 0 Å². The number of carbonyl (C=O) groups is 2. The van der Waals surface area contributed by atoms with Crippen molar-refractivity contribution in [1.82, 2.24) is 4.31 Å². The number of hydrogen-bond donors (Lipinski definition) is 1. The van der Waals surface area contributed by atoms with Crippen molar-refractivity contribution in [3.05, 3.63) is 23.8 Å². The number of amides is 1. The van der Waals surface area contributed by atoms with Crippen molar-refractivity contribution >= 4 is 27.6 Å². The Kier molecular flexibility index (Phi) is 3.92. The predicted molar refractivity (Wildman–Crippen MR) is 87.3 cm³/mol. The van der Waals surface area contributed by atoms with Crippen LogP contribution in [0.1, 0.15) is 25.8 Å². The van der Waals surface area contributed by atoms with Gasteiger partial charge in [-0.05, 0) is 37.5 Å². The highest BCUT2D eigenvalue weighted by Crippen LogP contribution is 2.36. The normalized spacial score (nSPS) is 24.2. The van der Waals surface area contributed by atoms with Gasteiger partial charge in [0.1, 0.15) is 0 Å². The van der Waals surface area contributed by atoms with Gasteiger partial charge in [-0.15, -0.1) is 0 Å². The van der Waals surface area contributed by atoms with Crippen LogP contribution in [0.4, 0.5) is 5.69 Å². The molecule has 8 heteroatoms. The fraction of sp³-hybridized carbons (Fsp3) is 0.500. The van der Waals surface area contributed by atoms with Crippen LogP contribution in [0.3, 0.4) is 0 Å². The Labute approximate surface area is 140 Å². The number of anilines is 1. The average Bonchev–Trinajstić information content (AvgIpc) is 3.11. The highest BCUT2D eigenvalue weighted by molar-refractivity contribution is 7.89. The van der Waals surface area contributed by atoms with Crippen molar-refractivity contribution in [3.63, 3.8) is 0 Å². The predicted octanol–water partition coefficient (Wildman–Crippen LogP) is 1.08. The quantitative estimate of drug-likeness (QED) is 0.878. The molecular weight excluding hydrogens is 332 g/mol. The minimum Gasteiger partial charge on any atom is -0.481 e. The fourth-order valence-corrected chi connectivity index (χ4v) is 4.88. The molecule has 1 fully saturated rings. The number of carboxylic acids is 1. The summed E-state index contributed by atoms with van der Waals surface area (Å²) in [5.41, 5.74) is 0.514. The lowest BCUT2D eigenvalue weighted by atomic mass is 9.90. The molecule has 2 aliphatic rings. The summed E-state index contributed by atoms with van der Waals surface area (Å²) in [6, 6.07) is 4.79. The van der Waals surface area contributed by atoms with Crippen LogP contribution in [0, 0.1) is 5.41 Å². The second kappa shape index (κ2) is 5.56. The average molecular weight is 352 g/mol. The fourth-order valence-electron chi connectivity index (χ4n) is 3.29. The van der Waals surface area contributed by atoms with Crippen LogP contribution in [0.2, 0.25) is 0 Å². The van der Waals surface area contributed by atoms with Gasteiger partial charge >= 0.3 is 5.97 Å². The van der Waals surface area contributed by atoms with Crippen LogP contribution in [0.25, 0.3) is 0 Å². The minimum atomic E-state index is -3.78. The Balaban J connectivity index is 1.94. The molecule has 1 amide bonds. The Bertz CT molecular complexity index is 820. The maximum atomic E-state index is 12.9. The molecule has 1 atom stereocenters. The number of fused-ring (bicyclic) bond motifs is 1. The van der Waals surface area contributed by atoms with E-state index >= 15 is 0 Å². The van der Waals surface area contributed by atoms with Gasteiger partial charge in [0, 0.05) is 32.2 Å². The first-order chi connectivity index (χ1) is 11.1. The second-order valence-corrected chi connectivity index (χ2v) is 8.60. The Morgan fingerprint density at radius 1 is 1.25 bits per heavy atom. The molecule has 3 rings (SSSR count). The van der Waals surface area contributed by atoms with Gasteiger partial charge < -0.3 is 10.0 Å². The molecule has 0 aliphatic carbocycles. The highest BCUT2D eigenvalue weighted by Gasteiger charge is 2.45. The molecule has 2 heterocycles. The summed E-state index contributed by atoms with van der Waals surface area (Å²) in [7, 11) is -3.78. The van der Waals surface area contributed by atoms with E-state index in [9.17, 15) is 23.1 Å². The van der Waals surface area contributed by atoms with Gasteiger partial charge in [-0.2, -0.15) is 4.31 Å². The molecule has 2 aliphatic heterocycles. The van der Waals surface area contributed by atoms with Crippen molar-refractivity contribution in [3.8, 4) is 0 Å². The van der Waals surface area contributed by atoms with Crippen LogP contribution in [-0.2, 0) is 26.0 Å². The van der Waals surface area contributed by atoms with Crippen molar-refractivity contribution < 1.29 is 23.1 Å². The molecule has 7 nitrogen and oxygen atoms in total. The molecule has 0 aromatic heterocycles. The summed E-state index contributed by atoms with van der Waals surface area (Å²) in [5.74, 6) is -1.11. The zero-order chi connectivity index (χ0) is 17.7. The molecule has 0 bridgehead atoms. The van der Waals surface area contributed by atoms with E-state index in [2.05, 4.69) is 0 Å². The number of aliphatic carboxylic acids is 1. The number of nitrogens with zero attached hydrogens (tertiary/aromatic N) is 2. The third-order valence-corrected chi connectivity index (χ3v) is 6.77. The maximum Gasteiger partial charge on any atom is 0.310 e. The number of hydrogen-bond acceptors (Lipinski definition) is 4. The summed E-state index contributed by atoms with van der Waals surface area (Å²) in [5, 5.41) is 9.28.